The van der Waals surface area contributed by atoms with Gasteiger partial charge in [0.1, 0.15) is 0 Å². The fraction of sp³-hybridized carbons (Fsp3) is 0.500. The molecular formula is C24H28ClN3. The van der Waals surface area contributed by atoms with Crippen LogP contribution < -0.4 is 9.80 Å². The lowest BCUT2D eigenvalue weighted by molar-refractivity contribution is 0.194. The Bertz CT molecular complexity index is 922. The third-order valence-electron chi connectivity index (χ3n) is 7.81. The van der Waals surface area contributed by atoms with Gasteiger partial charge in [-0.1, -0.05) is 41.9 Å². The topological polar surface area (TPSA) is 9.72 Å². The quantitative estimate of drug-likeness (QED) is 0.757. The highest BCUT2D eigenvalue weighted by molar-refractivity contribution is 6.31. The Hall–Kier alpha value is -1.71. The van der Waals surface area contributed by atoms with Crippen molar-refractivity contribution in [1.82, 2.24) is 4.90 Å². The highest BCUT2D eigenvalue weighted by Crippen LogP contribution is 2.57. The summed E-state index contributed by atoms with van der Waals surface area (Å²) in [5, 5.41) is 0.906. The molecule has 3 nitrogen and oxygen atoms in total. The zero-order valence-electron chi connectivity index (χ0n) is 16.6. The van der Waals surface area contributed by atoms with Gasteiger partial charge in [0.15, 0.2) is 0 Å². The standard InChI is InChI=1S/C24H28ClN3/c1-26-22-8-4-6-18-19-15-27(13-9-17-5-2-3-7-20(17)25)14-10-21(19)28(23(18)22)16-24(26)11-12-24/h2-8,19,21H,9-16H2,1H3. The molecule has 3 aliphatic heterocycles. The number of hydrogen-bond donors (Lipinski definition) is 0. The summed E-state index contributed by atoms with van der Waals surface area (Å²) in [7, 11) is 2.32. The number of piperidine rings is 1. The molecule has 2 atom stereocenters. The van der Waals surface area contributed by atoms with Crippen LogP contribution in [-0.2, 0) is 6.42 Å². The van der Waals surface area contributed by atoms with Gasteiger partial charge in [-0.05, 0) is 48.9 Å². The zero-order valence-corrected chi connectivity index (χ0v) is 17.3. The predicted molar refractivity (Wildman–Crippen MR) is 117 cm³/mol. The molecule has 2 aromatic carbocycles. The Kier molecular flexibility index (Phi) is 3.77. The Balaban J connectivity index is 1.25. The van der Waals surface area contributed by atoms with Crippen LogP contribution >= 0.6 is 11.6 Å². The average Bonchev–Trinajstić information content (AvgIpc) is 3.43. The fourth-order valence-electron chi connectivity index (χ4n) is 5.98. The summed E-state index contributed by atoms with van der Waals surface area (Å²) in [6.45, 7) is 4.72. The van der Waals surface area contributed by atoms with Crippen molar-refractivity contribution in [3.8, 4) is 0 Å². The van der Waals surface area contributed by atoms with Crippen molar-refractivity contribution in [3.63, 3.8) is 0 Å². The summed E-state index contributed by atoms with van der Waals surface area (Å²) in [6, 6.07) is 16.0. The van der Waals surface area contributed by atoms with E-state index in [2.05, 4.69) is 52.1 Å². The van der Waals surface area contributed by atoms with Gasteiger partial charge in [0, 0.05) is 50.2 Å². The van der Waals surface area contributed by atoms with E-state index in [1.54, 1.807) is 11.3 Å². The van der Waals surface area contributed by atoms with Crippen molar-refractivity contribution in [2.75, 3.05) is 43.0 Å². The average molecular weight is 394 g/mol. The highest BCUT2D eigenvalue weighted by Gasteiger charge is 2.56. The molecule has 1 spiro atoms. The van der Waals surface area contributed by atoms with E-state index < -0.39 is 0 Å². The van der Waals surface area contributed by atoms with Crippen LogP contribution in [-0.4, -0.2) is 49.7 Å². The van der Waals surface area contributed by atoms with E-state index in [0.717, 1.165) is 18.0 Å². The van der Waals surface area contributed by atoms with Gasteiger partial charge in [0.2, 0.25) is 0 Å². The van der Waals surface area contributed by atoms with E-state index in [1.807, 2.05) is 12.1 Å². The van der Waals surface area contributed by atoms with Gasteiger partial charge in [-0.3, -0.25) is 0 Å². The highest BCUT2D eigenvalue weighted by atomic mass is 35.5. The maximum absolute atomic E-state index is 6.38. The van der Waals surface area contributed by atoms with E-state index >= 15 is 0 Å². The van der Waals surface area contributed by atoms with Crippen LogP contribution in [0.5, 0.6) is 0 Å². The molecule has 2 unspecified atom stereocenters. The molecule has 2 aromatic rings. The van der Waals surface area contributed by atoms with Crippen LogP contribution in [0.1, 0.15) is 36.3 Å². The number of anilines is 2. The molecule has 0 radical (unpaired) electrons. The number of nitrogens with zero attached hydrogens (tertiary/aromatic N) is 3. The molecule has 1 saturated carbocycles. The van der Waals surface area contributed by atoms with Crippen molar-refractivity contribution in [2.45, 2.75) is 43.2 Å². The van der Waals surface area contributed by atoms with Crippen molar-refractivity contribution in [3.05, 3.63) is 58.6 Å². The van der Waals surface area contributed by atoms with Crippen LogP contribution in [0.4, 0.5) is 11.4 Å². The zero-order chi connectivity index (χ0) is 18.9. The number of benzene rings is 2. The third-order valence-corrected chi connectivity index (χ3v) is 8.18. The summed E-state index contributed by atoms with van der Waals surface area (Å²) >= 11 is 6.38. The van der Waals surface area contributed by atoms with E-state index in [9.17, 15) is 0 Å². The lowest BCUT2D eigenvalue weighted by Crippen LogP contribution is -2.54. The van der Waals surface area contributed by atoms with Crippen molar-refractivity contribution < 1.29 is 0 Å². The minimum absolute atomic E-state index is 0.418. The van der Waals surface area contributed by atoms with Crippen molar-refractivity contribution in [1.29, 1.82) is 0 Å². The van der Waals surface area contributed by atoms with E-state index in [0.29, 0.717) is 17.5 Å². The van der Waals surface area contributed by atoms with Crippen LogP contribution in [0.25, 0.3) is 0 Å². The molecule has 4 aliphatic rings. The summed E-state index contributed by atoms with van der Waals surface area (Å²) in [6.07, 6.45) is 5.02. The maximum atomic E-state index is 6.38. The number of hydrogen-bond acceptors (Lipinski definition) is 3. The minimum atomic E-state index is 0.418. The first-order valence-electron chi connectivity index (χ1n) is 10.8. The first-order valence-corrected chi connectivity index (χ1v) is 11.1. The number of fused-ring (bicyclic) bond motifs is 3. The fourth-order valence-corrected chi connectivity index (χ4v) is 6.21. The van der Waals surface area contributed by atoms with Gasteiger partial charge in [-0.25, -0.2) is 0 Å². The number of rotatable bonds is 3. The van der Waals surface area contributed by atoms with Gasteiger partial charge in [-0.15, -0.1) is 0 Å². The monoisotopic (exact) mass is 393 g/mol. The number of halogens is 1. The van der Waals surface area contributed by atoms with Gasteiger partial charge in [0.05, 0.1) is 16.9 Å². The molecule has 28 heavy (non-hydrogen) atoms. The van der Waals surface area contributed by atoms with Crippen LogP contribution in [0.15, 0.2) is 42.5 Å². The largest absolute Gasteiger partial charge is 0.365 e. The minimum Gasteiger partial charge on any atom is -0.365 e. The van der Waals surface area contributed by atoms with Gasteiger partial charge >= 0.3 is 0 Å². The van der Waals surface area contributed by atoms with E-state index in [-0.39, 0.29) is 0 Å². The molecule has 0 aromatic heterocycles. The molecule has 4 heteroatoms. The van der Waals surface area contributed by atoms with E-state index in [4.69, 9.17) is 11.6 Å². The Labute approximate surface area is 172 Å². The summed E-state index contributed by atoms with van der Waals surface area (Å²) in [5.74, 6) is 0.650. The molecule has 1 saturated heterocycles. The molecule has 3 heterocycles. The van der Waals surface area contributed by atoms with Gasteiger partial charge in [0.25, 0.3) is 0 Å². The van der Waals surface area contributed by atoms with Crippen LogP contribution in [0, 0.1) is 0 Å². The summed E-state index contributed by atoms with van der Waals surface area (Å²) < 4.78 is 0. The normalized spacial score (nSPS) is 27.1. The number of likely N-dealkylation sites (tertiary alicyclic amines) is 1. The molecule has 0 N–H and O–H groups in total. The number of likely N-dealkylation sites (N-methyl/N-ethyl adjacent to an activating group) is 1. The maximum Gasteiger partial charge on any atom is 0.0644 e. The summed E-state index contributed by atoms with van der Waals surface area (Å²) in [4.78, 5) is 8.06. The lowest BCUT2D eigenvalue weighted by Gasteiger charge is -2.46. The molecule has 1 aliphatic carbocycles. The van der Waals surface area contributed by atoms with Crippen molar-refractivity contribution in [2.24, 2.45) is 0 Å². The second kappa shape index (κ2) is 6.14. The van der Waals surface area contributed by atoms with Crippen LogP contribution in [0.3, 0.4) is 0 Å². The van der Waals surface area contributed by atoms with Gasteiger partial charge < -0.3 is 14.7 Å². The van der Waals surface area contributed by atoms with Crippen molar-refractivity contribution >= 4 is 23.0 Å². The smallest absolute Gasteiger partial charge is 0.0644 e. The Morgan fingerprint density at radius 1 is 1.11 bits per heavy atom. The Morgan fingerprint density at radius 3 is 2.79 bits per heavy atom. The second-order valence-corrected chi connectivity index (χ2v) is 9.64. The third kappa shape index (κ3) is 2.45. The lowest BCUT2D eigenvalue weighted by atomic mass is 9.89. The summed E-state index contributed by atoms with van der Waals surface area (Å²) in [5.41, 5.74) is 6.30. The molecule has 146 valence electrons. The van der Waals surface area contributed by atoms with Gasteiger partial charge in [-0.2, -0.15) is 0 Å². The molecule has 6 rings (SSSR count). The SMILES string of the molecule is CN1c2cccc3c2N(CC12CC2)C1CCN(CCc2ccccc2Cl)CC31. The Morgan fingerprint density at radius 2 is 1.96 bits per heavy atom. The molecule has 0 amide bonds. The molecule has 2 fully saturated rings. The molecule has 0 bridgehead atoms. The first kappa shape index (κ1) is 17.2. The molecular weight excluding hydrogens is 366 g/mol. The number of para-hydroxylation sites is 1. The second-order valence-electron chi connectivity index (χ2n) is 9.23. The predicted octanol–water partition coefficient (Wildman–Crippen LogP) is 4.54. The van der Waals surface area contributed by atoms with E-state index in [1.165, 1.54) is 50.1 Å². The first-order chi connectivity index (χ1) is 13.7. The van der Waals surface area contributed by atoms with Crippen LogP contribution in [0.2, 0.25) is 5.02 Å².